The molecule has 0 aliphatic heterocycles. The van der Waals surface area contributed by atoms with Gasteiger partial charge in [0.15, 0.2) is 0 Å². The molecule has 0 spiro atoms. The van der Waals surface area contributed by atoms with Crippen molar-refractivity contribution in [1.82, 2.24) is 0 Å². The van der Waals surface area contributed by atoms with E-state index in [0.717, 1.165) is 11.3 Å². The van der Waals surface area contributed by atoms with E-state index in [1.165, 1.54) is 0 Å². The summed E-state index contributed by atoms with van der Waals surface area (Å²) in [4.78, 5) is 12.9. The van der Waals surface area contributed by atoms with Gasteiger partial charge in [-0.1, -0.05) is 18.2 Å². The van der Waals surface area contributed by atoms with Crippen LogP contribution in [0, 0.1) is 0 Å². The lowest BCUT2D eigenvalue weighted by Gasteiger charge is -2.19. The molecular weight excluding hydrogens is 242 g/mol. The van der Waals surface area contributed by atoms with E-state index >= 15 is 0 Å². The molecule has 0 saturated carbocycles. The number of carboxylic acid groups (broad SMARTS) is 1. The topological polar surface area (TPSA) is 60.8 Å². The fourth-order valence-electron chi connectivity index (χ4n) is 1.90. The van der Waals surface area contributed by atoms with E-state index < -0.39 is 5.97 Å². The molecule has 0 heterocycles. The van der Waals surface area contributed by atoms with E-state index in [1.54, 1.807) is 36.4 Å². The number of carbonyl (C=O) groups is 1. The minimum Gasteiger partial charge on any atom is -0.508 e. The molecule has 0 fully saturated rings. The Morgan fingerprint density at radius 1 is 1.16 bits per heavy atom. The van der Waals surface area contributed by atoms with Gasteiger partial charge in [-0.2, -0.15) is 0 Å². The highest BCUT2D eigenvalue weighted by molar-refractivity contribution is 5.87. The third-order valence-electron chi connectivity index (χ3n) is 2.86. The van der Waals surface area contributed by atoms with Crippen LogP contribution >= 0.6 is 0 Å². The standard InChI is InChI=1S/C15H15NO3/c1-16(13-6-3-7-14(17)9-13)10-11-4-2-5-12(8-11)15(18)19/h2-9,17H,10H2,1H3,(H,18,19). The molecule has 2 aromatic rings. The van der Waals surface area contributed by atoms with Gasteiger partial charge in [0.1, 0.15) is 5.75 Å². The smallest absolute Gasteiger partial charge is 0.335 e. The van der Waals surface area contributed by atoms with E-state index in [1.807, 2.05) is 24.1 Å². The second-order valence-electron chi connectivity index (χ2n) is 4.38. The van der Waals surface area contributed by atoms with Crippen molar-refractivity contribution in [3.8, 4) is 5.75 Å². The lowest BCUT2D eigenvalue weighted by Crippen LogP contribution is -2.16. The normalized spacial score (nSPS) is 10.2. The maximum Gasteiger partial charge on any atom is 0.335 e. The lowest BCUT2D eigenvalue weighted by atomic mass is 10.1. The quantitative estimate of drug-likeness (QED) is 0.884. The van der Waals surface area contributed by atoms with Gasteiger partial charge in [-0.05, 0) is 29.8 Å². The van der Waals surface area contributed by atoms with Crippen molar-refractivity contribution in [2.24, 2.45) is 0 Å². The Kier molecular flexibility index (Phi) is 3.71. The fourth-order valence-corrected chi connectivity index (χ4v) is 1.90. The summed E-state index contributed by atoms with van der Waals surface area (Å²) in [6, 6.07) is 13.8. The summed E-state index contributed by atoms with van der Waals surface area (Å²) >= 11 is 0. The van der Waals surface area contributed by atoms with Gasteiger partial charge in [0, 0.05) is 25.3 Å². The van der Waals surface area contributed by atoms with Crippen molar-refractivity contribution >= 4 is 11.7 Å². The molecule has 0 aliphatic carbocycles. The predicted molar refractivity (Wildman–Crippen MR) is 73.6 cm³/mol. The monoisotopic (exact) mass is 257 g/mol. The van der Waals surface area contributed by atoms with Crippen molar-refractivity contribution in [2.45, 2.75) is 6.54 Å². The van der Waals surface area contributed by atoms with E-state index in [0.29, 0.717) is 6.54 Å². The molecule has 19 heavy (non-hydrogen) atoms. The van der Waals surface area contributed by atoms with Crippen LogP contribution in [0.4, 0.5) is 5.69 Å². The van der Waals surface area contributed by atoms with Gasteiger partial charge >= 0.3 is 5.97 Å². The number of phenolic OH excluding ortho intramolecular Hbond substituents is 1. The minimum atomic E-state index is -0.929. The van der Waals surface area contributed by atoms with Gasteiger partial charge in [-0.25, -0.2) is 4.79 Å². The van der Waals surface area contributed by atoms with E-state index in [9.17, 15) is 9.90 Å². The predicted octanol–water partition coefficient (Wildman–Crippen LogP) is 2.73. The Labute approximate surface area is 111 Å². The molecule has 0 atom stereocenters. The molecule has 2 rings (SSSR count). The molecule has 0 radical (unpaired) electrons. The molecular formula is C15H15NO3. The largest absolute Gasteiger partial charge is 0.508 e. The van der Waals surface area contributed by atoms with Crippen LogP contribution in [0.3, 0.4) is 0 Å². The van der Waals surface area contributed by atoms with Gasteiger partial charge in [0.2, 0.25) is 0 Å². The number of hydrogen-bond donors (Lipinski definition) is 2. The average molecular weight is 257 g/mol. The first kappa shape index (κ1) is 13.0. The first-order valence-electron chi connectivity index (χ1n) is 5.88. The number of carboxylic acids is 1. The van der Waals surface area contributed by atoms with E-state index in [2.05, 4.69) is 0 Å². The molecule has 0 unspecified atom stereocenters. The maximum atomic E-state index is 10.9. The highest BCUT2D eigenvalue weighted by Crippen LogP contribution is 2.20. The molecule has 2 aromatic carbocycles. The Morgan fingerprint density at radius 3 is 2.58 bits per heavy atom. The maximum absolute atomic E-state index is 10.9. The number of benzene rings is 2. The number of rotatable bonds is 4. The number of hydrogen-bond acceptors (Lipinski definition) is 3. The third kappa shape index (κ3) is 3.25. The van der Waals surface area contributed by atoms with Crippen LogP contribution in [0.25, 0.3) is 0 Å². The first-order chi connectivity index (χ1) is 9.06. The van der Waals surface area contributed by atoms with Gasteiger partial charge in [0.25, 0.3) is 0 Å². The molecule has 4 heteroatoms. The average Bonchev–Trinajstić information content (AvgIpc) is 2.39. The summed E-state index contributed by atoms with van der Waals surface area (Å²) in [5.74, 6) is -0.717. The Balaban J connectivity index is 2.17. The number of anilines is 1. The van der Waals surface area contributed by atoms with E-state index in [-0.39, 0.29) is 11.3 Å². The molecule has 0 saturated heterocycles. The molecule has 0 amide bonds. The molecule has 0 aliphatic rings. The zero-order valence-corrected chi connectivity index (χ0v) is 10.6. The summed E-state index contributed by atoms with van der Waals surface area (Å²) in [6.07, 6.45) is 0. The van der Waals surface area contributed by atoms with Gasteiger partial charge in [0.05, 0.1) is 5.56 Å². The Hall–Kier alpha value is -2.49. The van der Waals surface area contributed by atoms with Crippen LogP contribution in [-0.2, 0) is 6.54 Å². The van der Waals surface area contributed by atoms with Gasteiger partial charge in [-0.15, -0.1) is 0 Å². The molecule has 4 nitrogen and oxygen atoms in total. The summed E-state index contributed by atoms with van der Waals surface area (Å²) in [5.41, 5.74) is 2.06. The Morgan fingerprint density at radius 2 is 1.89 bits per heavy atom. The highest BCUT2D eigenvalue weighted by atomic mass is 16.4. The zero-order chi connectivity index (χ0) is 13.8. The molecule has 0 aromatic heterocycles. The number of phenols is 1. The minimum absolute atomic E-state index is 0.212. The Bertz CT molecular complexity index is 595. The zero-order valence-electron chi connectivity index (χ0n) is 10.6. The second kappa shape index (κ2) is 5.44. The van der Waals surface area contributed by atoms with Crippen molar-refractivity contribution in [1.29, 1.82) is 0 Å². The van der Waals surface area contributed by atoms with E-state index in [4.69, 9.17) is 5.11 Å². The number of aromatic carboxylic acids is 1. The second-order valence-corrected chi connectivity index (χ2v) is 4.38. The summed E-state index contributed by atoms with van der Waals surface area (Å²) in [7, 11) is 1.89. The molecule has 2 N–H and O–H groups in total. The van der Waals surface area contributed by atoms with Crippen LogP contribution in [0.5, 0.6) is 5.75 Å². The van der Waals surface area contributed by atoms with Crippen LogP contribution < -0.4 is 4.90 Å². The lowest BCUT2D eigenvalue weighted by molar-refractivity contribution is 0.0696. The summed E-state index contributed by atoms with van der Waals surface area (Å²) in [6.45, 7) is 0.574. The number of nitrogens with zero attached hydrogens (tertiary/aromatic N) is 1. The van der Waals surface area contributed by atoms with Crippen molar-refractivity contribution < 1.29 is 15.0 Å². The van der Waals surface area contributed by atoms with Crippen LogP contribution in [-0.4, -0.2) is 23.2 Å². The van der Waals surface area contributed by atoms with Crippen LogP contribution in [0.15, 0.2) is 48.5 Å². The summed E-state index contributed by atoms with van der Waals surface area (Å²) < 4.78 is 0. The fraction of sp³-hybridized carbons (Fsp3) is 0.133. The number of aromatic hydroxyl groups is 1. The van der Waals surface area contributed by atoms with Gasteiger partial charge in [-0.3, -0.25) is 0 Å². The highest BCUT2D eigenvalue weighted by Gasteiger charge is 2.06. The third-order valence-corrected chi connectivity index (χ3v) is 2.86. The van der Waals surface area contributed by atoms with Crippen molar-refractivity contribution in [2.75, 3.05) is 11.9 Å². The van der Waals surface area contributed by atoms with Crippen molar-refractivity contribution in [3.05, 3.63) is 59.7 Å². The molecule has 98 valence electrons. The SMILES string of the molecule is CN(Cc1cccc(C(=O)O)c1)c1cccc(O)c1. The summed E-state index contributed by atoms with van der Waals surface area (Å²) in [5, 5.41) is 18.4. The van der Waals surface area contributed by atoms with Crippen LogP contribution in [0.2, 0.25) is 0 Å². The van der Waals surface area contributed by atoms with Crippen LogP contribution in [0.1, 0.15) is 15.9 Å². The van der Waals surface area contributed by atoms with Crippen molar-refractivity contribution in [3.63, 3.8) is 0 Å². The van der Waals surface area contributed by atoms with Gasteiger partial charge < -0.3 is 15.1 Å². The molecule has 0 bridgehead atoms. The first-order valence-corrected chi connectivity index (χ1v) is 5.88.